The van der Waals surface area contributed by atoms with Gasteiger partial charge in [0.1, 0.15) is 84.0 Å². The van der Waals surface area contributed by atoms with Gasteiger partial charge in [0.2, 0.25) is 82.7 Å². The Kier molecular flexibility index (Phi) is 39.9. The quantitative estimate of drug-likeness (QED) is 0.0166. The average Bonchev–Trinajstić information content (AvgIpc) is 1.76. The van der Waals surface area contributed by atoms with E-state index in [0.29, 0.717) is 30.5 Å². The third kappa shape index (κ3) is 32.8. The second-order valence-corrected chi connectivity index (χ2v) is 31.3. The number of nitrogens with zero attached hydrogens (tertiary/aromatic N) is 2. The lowest BCUT2D eigenvalue weighted by Gasteiger charge is -2.32. The van der Waals surface area contributed by atoms with Gasteiger partial charge in [0.15, 0.2) is 0 Å². The first kappa shape index (κ1) is 97.6. The molecular formula is C78H122N21O20+. The SMILES string of the molecule is CC[C@H](C)[C@H](NC(=O)[C@H](Cc1ccc(O)cc1)NC(=O)[C@@H]1CCCN1C(=O)[C@H](CCC[NH+]=C(N)N)NC(=O)[C@H](CCC[NH+]=C(N)N)NC(=O)[C@@H]1CCCN1C(=O)[C@H](CCCC[NH3+])NC(=O)[C@H](CC(N)=O)NC(=O)[C@H](CCC(=O)[O-])NC(=O)[C@H](Cc1ccc(O)cc1)NC(=O)[C@H](CC(C)C)NC(=O)[C@@H]1CCC(=O)N1)C(=O)N[C@@H](CC(C)C)C(=O)[O-]. The number of nitrogens with one attached hydrogen (secondary N) is 13. The van der Waals surface area contributed by atoms with Crippen LogP contribution in [0.2, 0.25) is 0 Å². The zero-order valence-electron chi connectivity index (χ0n) is 68.5. The second kappa shape index (κ2) is 48.7. The topological polar surface area (TPSA) is 684 Å². The number of aliphatic carboxylic acids is 2. The smallest absolute Gasteiger partial charge is 0.338 e. The molecule has 41 heteroatoms. The van der Waals surface area contributed by atoms with Crippen LogP contribution in [0.3, 0.4) is 0 Å². The average molecular weight is 1670 g/mol. The maximum atomic E-state index is 15.2. The van der Waals surface area contributed by atoms with Gasteiger partial charge in [0.05, 0.1) is 38.1 Å². The molecule has 3 aliphatic rings. The number of hydrogen-bond acceptors (Lipinski definition) is 20. The molecule has 3 fully saturated rings. The highest BCUT2D eigenvalue weighted by Crippen LogP contribution is 2.25. The number of likely N-dealkylation sites (tertiary alicyclic amines) is 2. The molecule has 5 rings (SSSR count). The predicted molar refractivity (Wildman–Crippen MR) is 423 cm³/mol. The van der Waals surface area contributed by atoms with E-state index in [-0.39, 0.29) is 170 Å². The third-order valence-electron chi connectivity index (χ3n) is 20.6. The van der Waals surface area contributed by atoms with E-state index in [1.54, 1.807) is 41.5 Å². The van der Waals surface area contributed by atoms with E-state index in [1.165, 1.54) is 58.3 Å². The highest BCUT2D eigenvalue weighted by molar-refractivity contribution is 6.01. The van der Waals surface area contributed by atoms with Crippen LogP contribution in [-0.4, -0.2) is 238 Å². The number of rotatable bonds is 50. The summed E-state index contributed by atoms with van der Waals surface area (Å²) in [7, 11) is 0. The molecule has 3 aliphatic heterocycles. The molecule has 0 spiro atoms. The number of hydrogen-bond donors (Lipinski definition) is 21. The summed E-state index contributed by atoms with van der Waals surface area (Å²) in [5.74, 6) is -17.0. The lowest BCUT2D eigenvalue weighted by atomic mass is 9.96. The van der Waals surface area contributed by atoms with E-state index in [4.69, 9.17) is 28.7 Å². The Balaban J connectivity index is 1.41. The second-order valence-electron chi connectivity index (χ2n) is 31.3. The first-order valence-electron chi connectivity index (χ1n) is 40.5. The van der Waals surface area contributed by atoms with Crippen LogP contribution in [-0.2, 0) is 89.6 Å². The van der Waals surface area contributed by atoms with E-state index < -0.39 is 192 Å². The van der Waals surface area contributed by atoms with Gasteiger partial charge in [-0.1, -0.05) is 72.2 Å². The summed E-state index contributed by atoms with van der Waals surface area (Å²) >= 11 is 0. The number of nitrogens with two attached hydrogens (primary N) is 5. The number of carbonyl (C=O) groups is 16. The number of carbonyl (C=O) groups excluding carboxylic acids is 16. The highest BCUT2D eigenvalue weighted by Gasteiger charge is 2.44. The molecule has 3 heterocycles. The van der Waals surface area contributed by atoms with E-state index >= 15 is 9.59 Å². The summed E-state index contributed by atoms with van der Waals surface area (Å²) in [5, 5.41) is 72.9. The molecule has 14 atom stereocenters. The first-order chi connectivity index (χ1) is 56.3. The summed E-state index contributed by atoms with van der Waals surface area (Å²) in [5.41, 5.74) is 33.1. The van der Waals surface area contributed by atoms with Crippen molar-refractivity contribution in [2.45, 2.75) is 255 Å². The van der Waals surface area contributed by atoms with Crippen molar-refractivity contribution in [3.8, 4) is 11.5 Å². The summed E-state index contributed by atoms with van der Waals surface area (Å²) in [6.45, 7) is 10.9. The maximum Gasteiger partial charge on any atom is 0.338 e. The molecule has 2 aromatic carbocycles. The van der Waals surface area contributed by atoms with Crippen LogP contribution in [0, 0.1) is 17.8 Å². The molecule has 0 unspecified atom stereocenters. The molecule has 0 aromatic heterocycles. The number of carboxylic acid groups (broad SMARTS) is 2. The Morgan fingerprint density at radius 3 is 1.35 bits per heavy atom. The van der Waals surface area contributed by atoms with E-state index in [9.17, 15) is 87.5 Å². The van der Waals surface area contributed by atoms with Crippen molar-refractivity contribution in [1.29, 1.82) is 0 Å². The van der Waals surface area contributed by atoms with Crippen LogP contribution < -0.4 is 113 Å². The van der Waals surface area contributed by atoms with Crippen molar-refractivity contribution in [1.82, 2.24) is 68.3 Å². The lowest BCUT2D eigenvalue weighted by Crippen LogP contribution is -2.78. The van der Waals surface area contributed by atoms with E-state index in [0.717, 1.165) is 0 Å². The molecule has 0 radical (unpaired) electrons. The molecule has 41 nitrogen and oxygen atoms in total. The Labute approximate surface area is 690 Å². The van der Waals surface area contributed by atoms with E-state index in [2.05, 4.69) is 74.2 Å². The van der Waals surface area contributed by atoms with Crippen LogP contribution in [0.5, 0.6) is 11.5 Å². The Bertz CT molecular complexity index is 3910. The van der Waals surface area contributed by atoms with E-state index in [1.807, 2.05) is 0 Å². The Morgan fingerprint density at radius 2 is 0.899 bits per heavy atom. The standard InChI is InChI=1S/C78H121N21O20/c1-7-43(6)63(73(115)96-57(76(118)119)37-42(4)5)97-70(112)55(39-45-21-25-47(101)26-22-45)95-72(114)59-18-13-35-99(59)75(117)52(16-11-33-86-78(83)84)90-64(106)48(15-10-32-85-77(81)82)89-71(113)58-17-12-34-98(58)74(116)51(14-8-9-31-79)91-69(111)56(40-60(80)102)94-66(108)50(28-30-62(104)105)88-68(110)54(38-44-19-23-46(100)24-20-44)93-67(109)53(36-41(2)3)92-65(107)49-27-29-61(103)87-49/h19-26,41-43,48-59,63,100-101H,7-18,27-40,79H2,1-6H3,(H2,80,102)(H,87,103)(H,88,110)(H,89,113)(H,90,106)(H,91,111)(H,92,107)(H,93,109)(H,94,108)(H,95,114)(H,96,115)(H,97,112)(H,104,105)(H,118,119)(H4,81,82,85)(H4,83,84,86)/p+1/t43-,48-,49-,50-,51-,52-,53-,54-,55-,56-,57-,58-,59-,63-/m0/s1. The van der Waals surface area contributed by atoms with Crippen molar-refractivity contribution >= 4 is 107 Å². The normalized spacial score (nSPS) is 17.8. The summed E-state index contributed by atoms with van der Waals surface area (Å²) in [6, 6.07) is -7.51. The summed E-state index contributed by atoms with van der Waals surface area (Å²) < 4.78 is 0. The summed E-state index contributed by atoms with van der Waals surface area (Å²) in [6.07, 6.45) is -1.27. The minimum Gasteiger partial charge on any atom is -0.550 e. The fourth-order valence-corrected chi connectivity index (χ4v) is 14.1. The van der Waals surface area contributed by atoms with Gasteiger partial charge in [-0.25, -0.2) is 0 Å². The maximum absolute atomic E-state index is 15.2. The van der Waals surface area contributed by atoms with Gasteiger partial charge >= 0.3 is 11.9 Å². The number of carboxylic acids is 2. The number of benzene rings is 2. The number of quaternary nitrogens is 1. The zero-order valence-corrected chi connectivity index (χ0v) is 68.5. The van der Waals surface area contributed by atoms with Crippen LogP contribution in [0.1, 0.15) is 175 Å². The molecule has 658 valence electrons. The van der Waals surface area contributed by atoms with Gasteiger partial charge in [-0.05, 0) is 156 Å². The van der Waals surface area contributed by atoms with Gasteiger partial charge in [-0.2, -0.15) is 0 Å². The van der Waals surface area contributed by atoms with Crippen molar-refractivity contribution in [3.63, 3.8) is 0 Å². The minimum absolute atomic E-state index is 0.0174. The fourth-order valence-electron chi connectivity index (χ4n) is 14.1. The molecule has 2 aromatic rings. The van der Waals surface area contributed by atoms with Crippen LogP contribution in [0.25, 0.3) is 0 Å². The number of phenols is 2. The number of amides is 14. The molecule has 14 amide bonds. The molecule has 28 N–H and O–H groups in total. The lowest BCUT2D eigenvalue weighted by molar-refractivity contribution is -0.460. The van der Waals surface area contributed by atoms with Gasteiger partial charge < -0.3 is 110 Å². The van der Waals surface area contributed by atoms with Crippen molar-refractivity contribution < 1.29 is 113 Å². The van der Waals surface area contributed by atoms with Crippen molar-refractivity contribution in [2.24, 2.45) is 46.4 Å². The molecule has 119 heavy (non-hydrogen) atoms. The third-order valence-corrected chi connectivity index (χ3v) is 20.6. The number of phenolic OH excluding ortho intramolecular Hbond substituents is 2. The number of unbranched alkanes of at least 4 members (excludes halogenated alkanes) is 1. The zero-order chi connectivity index (χ0) is 88.3. The Morgan fingerprint density at radius 1 is 0.496 bits per heavy atom. The number of guanidine groups is 2. The van der Waals surface area contributed by atoms with Gasteiger partial charge in [-0.3, -0.25) is 100 Å². The summed E-state index contributed by atoms with van der Waals surface area (Å²) in [4.78, 5) is 231. The molecule has 0 saturated carbocycles. The van der Waals surface area contributed by atoms with Crippen LogP contribution in [0.15, 0.2) is 48.5 Å². The van der Waals surface area contributed by atoms with Gasteiger partial charge in [0, 0.05) is 38.3 Å². The van der Waals surface area contributed by atoms with Crippen LogP contribution >= 0.6 is 0 Å². The van der Waals surface area contributed by atoms with Crippen LogP contribution in [0.4, 0.5) is 0 Å². The van der Waals surface area contributed by atoms with Crippen molar-refractivity contribution in [2.75, 3.05) is 32.7 Å². The van der Waals surface area contributed by atoms with Crippen molar-refractivity contribution in [3.05, 3.63) is 59.7 Å². The minimum atomic E-state index is -1.93. The molecule has 0 aliphatic carbocycles. The largest absolute Gasteiger partial charge is 0.550 e. The predicted octanol–water partition coefficient (Wildman–Crippen LogP) is -11.0. The molecular weight excluding hydrogens is 1550 g/mol. The molecule has 0 bridgehead atoms. The fraction of sp³-hybridized carbons (Fsp3) is 0.615. The Hall–Kier alpha value is -11.9. The monoisotopic (exact) mass is 1670 g/mol. The number of aromatic hydroxyl groups is 2. The van der Waals surface area contributed by atoms with Gasteiger partial charge in [-0.15, -0.1) is 0 Å². The highest BCUT2D eigenvalue weighted by atomic mass is 16.4. The van der Waals surface area contributed by atoms with Gasteiger partial charge in [0.25, 0.3) is 0 Å². The number of primary amides is 1. The first-order valence-corrected chi connectivity index (χ1v) is 40.5. The molecule has 3 saturated heterocycles.